The van der Waals surface area contributed by atoms with Gasteiger partial charge in [-0.25, -0.2) is 0 Å². The Morgan fingerprint density at radius 3 is 2.39 bits per heavy atom. The number of likely N-dealkylation sites (N-methyl/N-ethyl adjacent to an activating group) is 1. The number of benzene rings is 1. The summed E-state index contributed by atoms with van der Waals surface area (Å²) in [6.45, 7) is 0.779. The molecular formula is C11H14ClF3N2O. The monoisotopic (exact) mass is 282 g/mol. The second-order valence-corrected chi connectivity index (χ2v) is 3.40. The highest BCUT2D eigenvalue weighted by Crippen LogP contribution is 2.31. The van der Waals surface area contributed by atoms with Crippen molar-refractivity contribution in [2.24, 2.45) is 0 Å². The highest BCUT2D eigenvalue weighted by Gasteiger charge is 2.34. The molecule has 0 heterocycles. The standard InChI is InChI=1S/C11H13F3N2O.ClH/c1-15-6-7-16-10(17)8-4-2-3-5-9(8)11(12,13)14;/h2-5,15H,6-7H2,1H3,(H,16,17);1H. The van der Waals surface area contributed by atoms with Crippen LogP contribution in [0.15, 0.2) is 24.3 Å². The lowest BCUT2D eigenvalue weighted by Crippen LogP contribution is -2.31. The fourth-order valence-corrected chi connectivity index (χ4v) is 1.32. The minimum Gasteiger partial charge on any atom is -0.351 e. The second-order valence-electron chi connectivity index (χ2n) is 3.40. The molecule has 0 bridgehead atoms. The van der Waals surface area contributed by atoms with E-state index < -0.39 is 17.6 Å². The number of hydrogen-bond acceptors (Lipinski definition) is 2. The summed E-state index contributed by atoms with van der Waals surface area (Å²) in [7, 11) is 1.69. The molecule has 0 radical (unpaired) electrons. The third-order valence-corrected chi connectivity index (χ3v) is 2.14. The van der Waals surface area contributed by atoms with E-state index >= 15 is 0 Å². The van der Waals surface area contributed by atoms with Gasteiger partial charge in [-0.05, 0) is 19.2 Å². The van der Waals surface area contributed by atoms with Gasteiger partial charge >= 0.3 is 6.18 Å². The molecule has 0 aliphatic rings. The van der Waals surface area contributed by atoms with E-state index in [-0.39, 0.29) is 24.5 Å². The molecular weight excluding hydrogens is 269 g/mol. The second kappa shape index (κ2) is 7.23. The molecule has 0 aliphatic carbocycles. The summed E-state index contributed by atoms with van der Waals surface area (Å²) in [5, 5.41) is 5.19. The van der Waals surface area contributed by atoms with E-state index in [1.807, 2.05) is 0 Å². The fraction of sp³-hybridized carbons (Fsp3) is 0.364. The molecule has 3 nitrogen and oxygen atoms in total. The molecule has 0 saturated carbocycles. The number of hydrogen-bond donors (Lipinski definition) is 2. The van der Waals surface area contributed by atoms with Crippen LogP contribution in [-0.2, 0) is 6.18 Å². The van der Waals surface area contributed by atoms with Crippen LogP contribution < -0.4 is 10.6 Å². The maximum absolute atomic E-state index is 12.6. The lowest BCUT2D eigenvalue weighted by atomic mass is 10.1. The third-order valence-electron chi connectivity index (χ3n) is 2.14. The van der Waals surface area contributed by atoms with E-state index in [0.29, 0.717) is 6.54 Å². The van der Waals surface area contributed by atoms with Gasteiger partial charge in [0.15, 0.2) is 0 Å². The molecule has 1 aromatic carbocycles. The SMILES string of the molecule is CNCCNC(=O)c1ccccc1C(F)(F)F.Cl. The van der Waals surface area contributed by atoms with Gasteiger partial charge < -0.3 is 10.6 Å². The highest BCUT2D eigenvalue weighted by molar-refractivity contribution is 5.95. The summed E-state index contributed by atoms with van der Waals surface area (Å²) < 4.78 is 37.8. The Labute approximate surface area is 109 Å². The van der Waals surface area contributed by atoms with Crippen LogP contribution in [0, 0.1) is 0 Å². The Hall–Kier alpha value is -1.27. The van der Waals surface area contributed by atoms with Crippen molar-refractivity contribution < 1.29 is 18.0 Å². The smallest absolute Gasteiger partial charge is 0.351 e. The Morgan fingerprint density at radius 2 is 1.83 bits per heavy atom. The fourth-order valence-electron chi connectivity index (χ4n) is 1.32. The van der Waals surface area contributed by atoms with Crippen molar-refractivity contribution in [3.8, 4) is 0 Å². The van der Waals surface area contributed by atoms with Crippen molar-refractivity contribution in [3.05, 3.63) is 35.4 Å². The first kappa shape index (κ1) is 16.7. The van der Waals surface area contributed by atoms with E-state index in [0.717, 1.165) is 12.1 Å². The summed E-state index contributed by atoms with van der Waals surface area (Å²) in [6, 6.07) is 4.72. The molecule has 0 spiro atoms. The Balaban J connectivity index is 0.00000289. The maximum Gasteiger partial charge on any atom is 0.417 e. The van der Waals surface area contributed by atoms with Crippen LogP contribution in [0.25, 0.3) is 0 Å². The molecule has 1 rings (SSSR count). The van der Waals surface area contributed by atoms with Crippen LogP contribution in [0.2, 0.25) is 0 Å². The van der Waals surface area contributed by atoms with E-state index in [4.69, 9.17) is 0 Å². The summed E-state index contributed by atoms with van der Waals surface area (Å²) in [6.07, 6.45) is -4.52. The molecule has 2 N–H and O–H groups in total. The Morgan fingerprint density at radius 1 is 1.22 bits per heavy atom. The third kappa shape index (κ3) is 4.54. The van der Waals surface area contributed by atoms with Gasteiger partial charge in [0.05, 0.1) is 11.1 Å². The maximum atomic E-state index is 12.6. The molecule has 0 saturated heterocycles. The molecule has 0 unspecified atom stereocenters. The molecule has 102 valence electrons. The summed E-state index contributed by atoms with van der Waals surface area (Å²) >= 11 is 0. The van der Waals surface area contributed by atoms with Gasteiger partial charge in [0.2, 0.25) is 0 Å². The van der Waals surface area contributed by atoms with E-state index in [2.05, 4.69) is 10.6 Å². The van der Waals surface area contributed by atoms with Crippen LogP contribution in [0.1, 0.15) is 15.9 Å². The zero-order valence-corrected chi connectivity index (χ0v) is 10.5. The predicted octanol–water partition coefficient (Wildman–Crippen LogP) is 2.08. The predicted molar refractivity (Wildman–Crippen MR) is 65.0 cm³/mol. The number of alkyl halides is 3. The van der Waals surface area contributed by atoms with Crippen molar-refractivity contribution in [2.75, 3.05) is 20.1 Å². The number of carbonyl (C=O) groups excluding carboxylic acids is 1. The first-order chi connectivity index (χ1) is 7.96. The van der Waals surface area contributed by atoms with Gasteiger partial charge in [-0.2, -0.15) is 13.2 Å². The molecule has 0 fully saturated rings. The number of amides is 1. The van der Waals surface area contributed by atoms with Crippen molar-refractivity contribution in [1.29, 1.82) is 0 Å². The van der Waals surface area contributed by atoms with Crippen LogP contribution in [0.3, 0.4) is 0 Å². The first-order valence-corrected chi connectivity index (χ1v) is 5.06. The van der Waals surface area contributed by atoms with Gasteiger partial charge in [0.25, 0.3) is 5.91 Å². The Kier molecular flexibility index (Phi) is 6.72. The quantitative estimate of drug-likeness (QED) is 0.830. The van der Waals surface area contributed by atoms with Gasteiger partial charge in [-0.1, -0.05) is 12.1 Å². The van der Waals surface area contributed by atoms with Crippen LogP contribution in [0.5, 0.6) is 0 Å². The normalized spacial score (nSPS) is 10.7. The number of rotatable bonds is 4. The van der Waals surface area contributed by atoms with Gasteiger partial charge in [0, 0.05) is 13.1 Å². The van der Waals surface area contributed by atoms with Crippen LogP contribution in [-0.4, -0.2) is 26.0 Å². The lowest BCUT2D eigenvalue weighted by molar-refractivity contribution is -0.137. The van der Waals surface area contributed by atoms with Gasteiger partial charge in [0.1, 0.15) is 0 Å². The number of carbonyl (C=O) groups is 1. The molecule has 18 heavy (non-hydrogen) atoms. The van der Waals surface area contributed by atoms with E-state index in [9.17, 15) is 18.0 Å². The first-order valence-electron chi connectivity index (χ1n) is 5.06. The van der Waals surface area contributed by atoms with Crippen molar-refractivity contribution in [1.82, 2.24) is 10.6 Å². The number of halogens is 4. The van der Waals surface area contributed by atoms with Crippen molar-refractivity contribution >= 4 is 18.3 Å². The lowest BCUT2D eigenvalue weighted by Gasteiger charge is -2.12. The molecule has 0 aliphatic heterocycles. The van der Waals surface area contributed by atoms with E-state index in [1.54, 1.807) is 7.05 Å². The zero-order chi connectivity index (χ0) is 12.9. The topological polar surface area (TPSA) is 41.1 Å². The summed E-state index contributed by atoms with van der Waals surface area (Å²) in [5.74, 6) is -0.715. The largest absolute Gasteiger partial charge is 0.417 e. The zero-order valence-electron chi connectivity index (χ0n) is 9.67. The highest BCUT2D eigenvalue weighted by atomic mass is 35.5. The molecule has 0 atom stereocenters. The molecule has 7 heteroatoms. The van der Waals surface area contributed by atoms with Gasteiger partial charge in [-0.15, -0.1) is 12.4 Å². The minimum absolute atomic E-state index is 0. The minimum atomic E-state index is -4.52. The molecule has 0 aromatic heterocycles. The van der Waals surface area contributed by atoms with Crippen molar-refractivity contribution in [3.63, 3.8) is 0 Å². The summed E-state index contributed by atoms with van der Waals surface area (Å²) in [5.41, 5.74) is -1.27. The molecule has 1 aromatic rings. The van der Waals surface area contributed by atoms with Crippen LogP contribution >= 0.6 is 12.4 Å². The number of nitrogens with one attached hydrogen (secondary N) is 2. The van der Waals surface area contributed by atoms with Gasteiger partial charge in [-0.3, -0.25) is 4.79 Å². The van der Waals surface area contributed by atoms with Crippen LogP contribution in [0.4, 0.5) is 13.2 Å². The molecule has 1 amide bonds. The van der Waals surface area contributed by atoms with Crippen molar-refractivity contribution in [2.45, 2.75) is 6.18 Å². The van der Waals surface area contributed by atoms with E-state index in [1.165, 1.54) is 12.1 Å². The Bertz CT molecular complexity index is 396. The average Bonchev–Trinajstić information content (AvgIpc) is 2.28. The average molecular weight is 283 g/mol. The summed E-state index contributed by atoms with van der Waals surface area (Å²) in [4.78, 5) is 11.5.